The van der Waals surface area contributed by atoms with Crippen LogP contribution in [0.25, 0.3) is 0 Å². The van der Waals surface area contributed by atoms with Gasteiger partial charge in [0.1, 0.15) is 6.54 Å². The van der Waals surface area contributed by atoms with Gasteiger partial charge in [-0.3, -0.25) is 4.79 Å². The van der Waals surface area contributed by atoms with Gasteiger partial charge in [0.05, 0.1) is 13.2 Å². The van der Waals surface area contributed by atoms with Crippen molar-refractivity contribution in [1.82, 2.24) is 10.6 Å². The fourth-order valence-corrected chi connectivity index (χ4v) is 2.16. The highest BCUT2D eigenvalue weighted by molar-refractivity contribution is 5.95. The second-order valence-electron chi connectivity index (χ2n) is 5.38. The van der Waals surface area contributed by atoms with E-state index in [2.05, 4.69) is 20.9 Å². The number of hydrogen-bond acceptors (Lipinski definition) is 4. The third-order valence-electron chi connectivity index (χ3n) is 3.31. The van der Waals surface area contributed by atoms with E-state index in [-0.39, 0.29) is 12.5 Å². The number of ether oxygens (including phenoxy) is 2. The average Bonchev–Trinajstić information content (AvgIpc) is 2.83. The van der Waals surface area contributed by atoms with Crippen molar-refractivity contribution >= 4 is 17.6 Å². The fraction of sp³-hybridized carbons (Fsp3) is 0.529. The maximum atomic E-state index is 11.7. The van der Waals surface area contributed by atoms with Crippen LogP contribution >= 0.6 is 0 Å². The molecule has 1 amide bonds. The summed E-state index contributed by atoms with van der Waals surface area (Å²) in [4.78, 5) is 16.0. The number of amides is 1. The molecule has 2 rings (SSSR count). The number of aliphatic imine (C=N–C) groups is 1. The van der Waals surface area contributed by atoms with Gasteiger partial charge in [-0.2, -0.15) is 0 Å². The molecule has 0 saturated heterocycles. The molecule has 132 valence electrons. The Morgan fingerprint density at radius 2 is 1.96 bits per heavy atom. The first-order chi connectivity index (χ1) is 11.7. The van der Waals surface area contributed by atoms with Crippen LogP contribution in [-0.2, 0) is 4.79 Å². The van der Waals surface area contributed by atoms with Gasteiger partial charge in [0, 0.05) is 31.3 Å². The third kappa shape index (κ3) is 5.64. The van der Waals surface area contributed by atoms with E-state index in [0.717, 1.165) is 24.3 Å². The smallest absolute Gasteiger partial charge is 0.241 e. The van der Waals surface area contributed by atoms with Crippen LogP contribution in [0.5, 0.6) is 11.5 Å². The Morgan fingerprint density at radius 1 is 1.17 bits per heavy atom. The molecule has 1 aliphatic rings. The van der Waals surface area contributed by atoms with Crippen LogP contribution < -0.4 is 25.4 Å². The van der Waals surface area contributed by atoms with Crippen molar-refractivity contribution in [2.24, 2.45) is 4.99 Å². The van der Waals surface area contributed by atoms with Crippen LogP contribution in [0.3, 0.4) is 0 Å². The molecular formula is C17H26N4O3. The second kappa shape index (κ2) is 9.64. The Bertz CT molecular complexity index is 575. The number of rotatable bonds is 6. The summed E-state index contributed by atoms with van der Waals surface area (Å²) < 4.78 is 11.3. The molecule has 24 heavy (non-hydrogen) atoms. The van der Waals surface area contributed by atoms with E-state index in [9.17, 15) is 4.79 Å². The molecule has 0 aromatic heterocycles. The number of nitrogens with zero attached hydrogens (tertiary/aromatic N) is 1. The maximum Gasteiger partial charge on any atom is 0.241 e. The van der Waals surface area contributed by atoms with Crippen molar-refractivity contribution in [3.8, 4) is 11.5 Å². The summed E-state index contributed by atoms with van der Waals surface area (Å²) in [5.74, 6) is 1.93. The van der Waals surface area contributed by atoms with Gasteiger partial charge < -0.3 is 25.4 Å². The number of hydrogen-bond donors (Lipinski definition) is 3. The van der Waals surface area contributed by atoms with Crippen LogP contribution in [0.4, 0.5) is 5.69 Å². The highest BCUT2D eigenvalue weighted by Gasteiger charge is 2.11. The van der Waals surface area contributed by atoms with E-state index < -0.39 is 0 Å². The highest BCUT2D eigenvalue weighted by atomic mass is 16.5. The Morgan fingerprint density at radius 3 is 2.71 bits per heavy atom. The summed E-state index contributed by atoms with van der Waals surface area (Å²) in [7, 11) is 0. The average molecular weight is 334 g/mol. The summed E-state index contributed by atoms with van der Waals surface area (Å²) in [6.07, 6.45) is 1.78. The van der Waals surface area contributed by atoms with E-state index in [1.54, 1.807) is 0 Å². The lowest BCUT2D eigenvalue weighted by atomic mass is 10.3. The molecule has 1 aromatic carbocycles. The fourth-order valence-electron chi connectivity index (χ4n) is 2.16. The molecule has 0 unspecified atom stereocenters. The predicted octanol–water partition coefficient (Wildman–Crippen LogP) is 1.75. The first kappa shape index (κ1) is 17.9. The van der Waals surface area contributed by atoms with Crippen molar-refractivity contribution in [3.05, 3.63) is 18.2 Å². The van der Waals surface area contributed by atoms with Crippen molar-refractivity contribution in [3.63, 3.8) is 0 Å². The van der Waals surface area contributed by atoms with E-state index in [1.807, 2.05) is 32.0 Å². The lowest BCUT2D eigenvalue weighted by molar-refractivity contribution is -0.119. The van der Waals surface area contributed by atoms with Gasteiger partial charge in [-0.25, -0.2) is 4.99 Å². The van der Waals surface area contributed by atoms with Gasteiger partial charge in [-0.05, 0) is 25.5 Å². The van der Waals surface area contributed by atoms with Gasteiger partial charge in [-0.1, -0.05) is 6.92 Å². The monoisotopic (exact) mass is 334 g/mol. The molecule has 0 aliphatic carbocycles. The Labute approximate surface area is 142 Å². The van der Waals surface area contributed by atoms with Gasteiger partial charge in [0.25, 0.3) is 0 Å². The zero-order valence-corrected chi connectivity index (χ0v) is 14.4. The summed E-state index contributed by atoms with van der Waals surface area (Å²) in [5, 5.41) is 9.11. The number of guanidine groups is 1. The molecule has 1 aliphatic heterocycles. The SMILES string of the molecule is CCCNC(=O)CN=C(NCC)Nc1ccc2c(c1)OCCCO2. The van der Waals surface area contributed by atoms with E-state index in [1.165, 1.54) is 0 Å². The van der Waals surface area contributed by atoms with Crippen LogP contribution in [0.15, 0.2) is 23.2 Å². The molecule has 0 spiro atoms. The van der Waals surface area contributed by atoms with Crippen molar-refractivity contribution in [1.29, 1.82) is 0 Å². The van der Waals surface area contributed by atoms with Crippen molar-refractivity contribution < 1.29 is 14.3 Å². The lowest BCUT2D eigenvalue weighted by Gasteiger charge is -2.13. The topological polar surface area (TPSA) is 84.0 Å². The minimum atomic E-state index is -0.0901. The number of carbonyl (C=O) groups excluding carboxylic acids is 1. The Hall–Kier alpha value is -2.44. The predicted molar refractivity (Wildman–Crippen MR) is 95.0 cm³/mol. The van der Waals surface area contributed by atoms with Crippen LogP contribution in [0.2, 0.25) is 0 Å². The van der Waals surface area contributed by atoms with Crippen LogP contribution in [0.1, 0.15) is 26.7 Å². The van der Waals surface area contributed by atoms with Gasteiger partial charge >= 0.3 is 0 Å². The van der Waals surface area contributed by atoms with Gasteiger partial charge in [0.15, 0.2) is 17.5 Å². The van der Waals surface area contributed by atoms with Crippen molar-refractivity contribution in [2.45, 2.75) is 26.7 Å². The molecule has 3 N–H and O–H groups in total. The molecule has 0 radical (unpaired) electrons. The molecule has 0 saturated carbocycles. The first-order valence-corrected chi connectivity index (χ1v) is 8.44. The molecule has 0 atom stereocenters. The van der Waals surface area contributed by atoms with Crippen molar-refractivity contribution in [2.75, 3.05) is 38.2 Å². The number of fused-ring (bicyclic) bond motifs is 1. The Balaban J connectivity index is 2.01. The summed E-state index contributed by atoms with van der Waals surface area (Å²) in [5.41, 5.74) is 0.827. The molecular weight excluding hydrogens is 308 g/mol. The highest BCUT2D eigenvalue weighted by Crippen LogP contribution is 2.32. The number of nitrogens with one attached hydrogen (secondary N) is 3. The summed E-state index contributed by atoms with van der Waals surface area (Å²) >= 11 is 0. The maximum absolute atomic E-state index is 11.7. The first-order valence-electron chi connectivity index (χ1n) is 8.44. The molecule has 7 heteroatoms. The summed E-state index contributed by atoms with van der Waals surface area (Å²) in [6, 6.07) is 5.66. The number of anilines is 1. The largest absolute Gasteiger partial charge is 0.490 e. The van der Waals surface area contributed by atoms with Crippen LogP contribution in [0, 0.1) is 0 Å². The lowest BCUT2D eigenvalue weighted by Crippen LogP contribution is -2.33. The quantitative estimate of drug-likeness (QED) is 0.545. The number of carbonyl (C=O) groups is 1. The molecule has 0 fully saturated rings. The molecule has 7 nitrogen and oxygen atoms in total. The minimum Gasteiger partial charge on any atom is -0.490 e. The van der Waals surface area contributed by atoms with E-state index in [4.69, 9.17) is 9.47 Å². The molecule has 1 heterocycles. The third-order valence-corrected chi connectivity index (χ3v) is 3.31. The zero-order chi connectivity index (χ0) is 17.2. The normalized spacial score (nSPS) is 13.8. The zero-order valence-electron chi connectivity index (χ0n) is 14.4. The van der Waals surface area contributed by atoms with Gasteiger partial charge in [0.2, 0.25) is 5.91 Å². The van der Waals surface area contributed by atoms with E-state index in [0.29, 0.717) is 38.0 Å². The second-order valence-corrected chi connectivity index (χ2v) is 5.38. The van der Waals surface area contributed by atoms with E-state index >= 15 is 0 Å². The van der Waals surface area contributed by atoms with Crippen LogP contribution in [-0.4, -0.2) is 44.7 Å². The minimum absolute atomic E-state index is 0.0832. The molecule has 0 bridgehead atoms. The Kier molecular flexibility index (Phi) is 7.20. The number of benzene rings is 1. The van der Waals surface area contributed by atoms with Gasteiger partial charge in [-0.15, -0.1) is 0 Å². The summed E-state index contributed by atoms with van der Waals surface area (Å²) in [6.45, 7) is 6.74. The molecule has 1 aromatic rings. The standard InChI is InChI=1S/C17H26N4O3/c1-3-8-19-16(22)12-20-17(18-4-2)21-13-6-7-14-15(11-13)24-10-5-9-23-14/h6-7,11H,3-5,8-10,12H2,1-2H3,(H,19,22)(H2,18,20,21).